The molecule has 0 bridgehead atoms. The van der Waals surface area contributed by atoms with Gasteiger partial charge in [-0.25, -0.2) is 9.97 Å². The SMILES string of the molecule is CSc1nc(Cl)c(C(CC(=O)O)B2OC(C)(C)C(C)(C)O2)c(Cl)n1. The first kappa shape index (κ1) is 19.8. The maximum absolute atomic E-state index is 11.4. The second-order valence-corrected chi connectivity index (χ2v) is 8.02. The molecule has 1 atom stereocenters. The molecule has 1 aromatic heterocycles. The van der Waals surface area contributed by atoms with Crippen LogP contribution in [0.2, 0.25) is 10.3 Å². The molecule has 1 aromatic rings. The molecule has 0 spiro atoms. The standard InChI is InChI=1S/C14H19BCl2N2O4S/c1-13(2)14(3,4)23-15(22-13)7(6-8(20)21)9-10(16)18-12(24-5)19-11(9)17/h7H,6H2,1-5H3,(H,20,21). The topological polar surface area (TPSA) is 81.5 Å². The summed E-state index contributed by atoms with van der Waals surface area (Å²) in [6, 6.07) is 0. The molecule has 0 amide bonds. The van der Waals surface area contributed by atoms with Gasteiger partial charge in [-0.15, -0.1) is 0 Å². The summed E-state index contributed by atoms with van der Waals surface area (Å²) in [7, 11) is -0.815. The Morgan fingerprint density at radius 2 is 1.67 bits per heavy atom. The van der Waals surface area contributed by atoms with Crippen LogP contribution >= 0.6 is 35.0 Å². The van der Waals surface area contributed by atoms with E-state index in [-0.39, 0.29) is 16.7 Å². The highest BCUT2D eigenvalue weighted by molar-refractivity contribution is 7.98. The van der Waals surface area contributed by atoms with Gasteiger partial charge in [-0.2, -0.15) is 0 Å². The number of halogens is 2. The Balaban J connectivity index is 2.46. The largest absolute Gasteiger partial charge is 0.481 e. The maximum Gasteiger partial charge on any atom is 0.466 e. The Morgan fingerprint density at radius 3 is 2.04 bits per heavy atom. The second kappa shape index (κ2) is 7.00. The molecule has 1 N–H and O–H groups in total. The molecule has 1 fully saturated rings. The minimum Gasteiger partial charge on any atom is -0.481 e. The van der Waals surface area contributed by atoms with E-state index >= 15 is 0 Å². The van der Waals surface area contributed by atoms with E-state index in [1.54, 1.807) is 6.26 Å². The zero-order chi connectivity index (χ0) is 18.3. The van der Waals surface area contributed by atoms with Gasteiger partial charge in [0.2, 0.25) is 0 Å². The van der Waals surface area contributed by atoms with Crippen molar-refractivity contribution < 1.29 is 19.2 Å². The first-order valence-electron chi connectivity index (χ1n) is 7.33. The van der Waals surface area contributed by atoms with Gasteiger partial charge in [-0.05, 0) is 34.0 Å². The highest BCUT2D eigenvalue weighted by atomic mass is 35.5. The Bertz CT molecular complexity index is 621. The van der Waals surface area contributed by atoms with Gasteiger partial charge in [0.15, 0.2) is 5.16 Å². The molecule has 10 heteroatoms. The molecule has 1 unspecified atom stereocenters. The summed E-state index contributed by atoms with van der Waals surface area (Å²) in [4.78, 5) is 19.7. The van der Waals surface area contributed by atoms with Crippen LogP contribution in [0.15, 0.2) is 5.16 Å². The average Bonchev–Trinajstić information content (AvgIpc) is 2.64. The van der Waals surface area contributed by atoms with E-state index in [9.17, 15) is 9.90 Å². The number of carboxylic acid groups (broad SMARTS) is 1. The monoisotopic (exact) mass is 392 g/mol. The van der Waals surface area contributed by atoms with Gasteiger partial charge >= 0.3 is 13.1 Å². The third-order valence-corrected chi connectivity index (χ3v) is 5.50. The zero-order valence-corrected chi connectivity index (χ0v) is 16.4. The molecular formula is C14H19BCl2N2O4S. The Kier molecular flexibility index (Phi) is 5.77. The zero-order valence-electron chi connectivity index (χ0n) is 14.1. The van der Waals surface area contributed by atoms with Crippen LogP contribution in [-0.4, -0.2) is 45.6 Å². The van der Waals surface area contributed by atoms with Crippen LogP contribution in [0.5, 0.6) is 0 Å². The lowest BCUT2D eigenvalue weighted by Gasteiger charge is -2.32. The molecule has 0 radical (unpaired) electrons. The number of hydrogen-bond acceptors (Lipinski definition) is 6. The van der Waals surface area contributed by atoms with Gasteiger partial charge < -0.3 is 14.4 Å². The Hall–Kier alpha value is -0.535. The minimum atomic E-state index is -1.02. The lowest BCUT2D eigenvalue weighted by atomic mass is 9.66. The van der Waals surface area contributed by atoms with Gasteiger partial charge in [0, 0.05) is 11.4 Å². The summed E-state index contributed by atoms with van der Waals surface area (Å²) in [5, 5.41) is 9.94. The first-order valence-corrected chi connectivity index (χ1v) is 9.31. The predicted molar refractivity (Wildman–Crippen MR) is 94.9 cm³/mol. The van der Waals surface area contributed by atoms with E-state index in [1.165, 1.54) is 11.8 Å². The number of thioether (sulfide) groups is 1. The van der Waals surface area contributed by atoms with Crippen LogP contribution in [0.3, 0.4) is 0 Å². The number of hydrogen-bond donors (Lipinski definition) is 1. The molecule has 0 aliphatic carbocycles. The van der Waals surface area contributed by atoms with Crippen LogP contribution in [-0.2, 0) is 14.1 Å². The summed E-state index contributed by atoms with van der Waals surface area (Å²) in [6.07, 6.45) is 1.53. The maximum atomic E-state index is 11.4. The lowest BCUT2D eigenvalue weighted by Crippen LogP contribution is -2.41. The molecular weight excluding hydrogens is 374 g/mol. The van der Waals surface area contributed by atoms with Gasteiger partial charge in [0.1, 0.15) is 10.3 Å². The van der Waals surface area contributed by atoms with Crippen LogP contribution in [0.4, 0.5) is 0 Å². The fourth-order valence-corrected chi connectivity index (χ4v) is 3.50. The van der Waals surface area contributed by atoms with Crippen LogP contribution in [0, 0.1) is 0 Å². The summed E-state index contributed by atoms with van der Waals surface area (Å²) in [5.41, 5.74) is -0.877. The smallest absolute Gasteiger partial charge is 0.466 e. The molecule has 2 heterocycles. The summed E-state index contributed by atoms with van der Waals surface area (Å²) < 4.78 is 12.0. The molecule has 6 nitrogen and oxygen atoms in total. The Labute approximate surface area is 155 Å². The van der Waals surface area contributed by atoms with Crippen molar-refractivity contribution in [1.29, 1.82) is 0 Å². The number of carbonyl (C=O) groups is 1. The summed E-state index contributed by atoms with van der Waals surface area (Å²) >= 11 is 13.8. The van der Waals surface area contributed by atoms with Crippen molar-refractivity contribution in [2.75, 3.05) is 6.26 Å². The van der Waals surface area contributed by atoms with Gasteiger partial charge in [0.05, 0.1) is 17.6 Å². The van der Waals surface area contributed by atoms with Crippen LogP contribution in [0.1, 0.15) is 45.5 Å². The van der Waals surface area contributed by atoms with E-state index in [2.05, 4.69) is 9.97 Å². The van der Waals surface area contributed by atoms with E-state index in [1.807, 2.05) is 27.7 Å². The second-order valence-electron chi connectivity index (χ2n) is 6.53. The number of aliphatic carboxylic acids is 1. The third-order valence-electron chi connectivity index (χ3n) is 4.38. The van der Waals surface area contributed by atoms with Crippen molar-refractivity contribution in [3.63, 3.8) is 0 Å². The molecule has 1 saturated heterocycles. The molecule has 2 rings (SSSR count). The van der Waals surface area contributed by atoms with Crippen molar-refractivity contribution >= 4 is 48.1 Å². The lowest BCUT2D eigenvalue weighted by molar-refractivity contribution is -0.137. The number of nitrogens with zero attached hydrogens (tertiary/aromatic N) is 2. The average molecular weight is 393 g/mol. The van der Waals surface area contributed by atoms with Gasteiger partial charge in [0.25, 0.3) is 0 Å². The van der Waals surface area contributed by atoms with Crippen LogP contribution in [0.25, 0.3) is 0 Å². The summed E-state index contributed by atoms with van der Waals surface area (Å²) in [5.74, 6) is -1.74. The van der Waals surface area contributed by atoms with Crippen molar-refractivity contribution in [3.05, 3.63) is 15.9 Å². The quantitative estimate of drug-likeness (QED) is 0.354. The van der Waals surface area contributed by atoms with E-state index in [0.29, 0.717) is 10.7 Å². The van der Waals surface area contributed by atoms with Crippen molar-refractivity contribution in [2.24, 2.45) is 0 Å². The molecule has 1 aliphatic rings. The first-order chi connectivity index (χ1) is 11.0. The third kappa shape index (κ3) is 3.83. The Morgan fingerprint density at radius 1 is 1.21 bits per heavy atom. The van der Waals surface area contributed by atoms with E-state index < -0.39 is 30.1 Å². The van der Waals surface area contributed by atoms with E-state index in [0.717, 1.165) is 0 Å². The molecule has 24 heavy (non-hydrogen) atoms. The molecule has 1 aliphatic heterocycles. The molecule has 132 valence electrons. The molecule has 0 aromatic carbocycles. The number of aromatic nitrogens is 2. The van der Waals surface area contributed by atoms with Gasteiger partial charge in [-0.3, -0.25) is 4.79 Å². The van der Waals surface area contributed by atoms with Gasteiger partial charge in [-0.1, -0.05) is 35.0 Å². The summed E-state index contributed by atoms with van der Waals surface area (Å²) in [6.45, 7) is 7.56. The fraction of sp³-hybridized carbons (Fsp3) is 0.643. The predicted octanol–water partition coefficient (Wildman–Crippen LogP) is 3.70. The number of carboxylic acids is 1. The van der Waals surface area contributed by atoms with Crippen molar-refractivity contribution in [2.45, 2.75) is 56.3 Å². The highest BCUT2D eigenvalue weighted by Crippen LogP contribution is 2.44. The van der Waals surface area contributed by atoms with Crippen molar-refractivity contribution in [3.8, 4) is 0 Å². The minimum absolute atomic E-state index is 0.111. The normalized spacial score (nSPS) is 20.2. The fourth-order valence-electron chi connectivity index (χ4n) is 2.37. The van der Waals surface area contributed by atoms with E-state index in [4.69, 9.17) is 32.5 Å². The van der Waals surface area contributed by atoms with Crippen molar-refractivity contribution in [1.82, 2.24) is 9.97 Å². The molecule has 0 saturated carbocycles. The highest BCUT2D eigenvalue weighted by Gasteiger charge is 2.55. The number of rotatable bonds is 5. The van der Waals surface area contributed by atoms with Crippen LogP contribution < -0.4 is 0 Å².